The van der Waals surface area contributed by atoms with Crippen molar-refractivity contribution in [2.24, 2.45) is 0 Å². The number of halogens is 1. The molecular formula is C16H22ClN3O. The Kier molecular flexibility index (Phi) is 5.01. The van der Waals surface area contributed by atoms with Crippen LogP contribution in [0.5, 0.6) is 0 Å². The van der Waals surface area contributed by atoms with Gasteiger partial charge in [-0.1, -0.05) is 18.5 Å². The van der Waals surface area contributed by atoms with Gasteiger partial charge in [-0.15, -0.1) is 0 Å². The third kappa shape index (κ3) is 3.44. The van der Waals surface area contributed by atoms with Crippen LogP contribution in [0.2, 0.25) is 5.02 Å². The highest BCUT2D eigenvalue weighted by molar-refractivity contribution is 6.31. The molecule has 0 saturated heterocycles. The average Bonchev–Trinajstić information content (AvgIpc) is 2.74. The summed E-state index contributed by atoms with van der Waals surface area (Å²) in [5.41, 5.74) is 4.48. The van der Waals surface area contributed by atoms with Crippen LogP contribution >= 0.6 is 11.6 Å². The van der Waals surface area contributed by atoms with E-state index >= 15 is 0 Å². The Balaban J connectivity index is 2.30. The number of aromatic nitrogens is 3. The zero-order valence-corrected chi connectivity index (χ0v) is 13.8. The maximum atomic E-state index is 10.5. The second-order valence-electron chi connectivity index (χ2n) is 5.28. The number of aliphatic hydroxyl groups is 1. The van der Waals surface area contributed by atoms with Crippen molar-refractivity contribution in [3.63, 3.8) is 0 Å². The first-order valence-corrected chi connectivity index (χ1v) is 7.71. The molecule has 114 valence electrons. The molecule has 0 aliphatic carbocycles. The lowest BCUT2D eigenvalue weighted by atomic mass is 10.0. The molecule has 0 aromatic carbocycles. The summed E-state index contributed by atoms with van der Waals surface area (Å²) < 4.78 is 1.88. The highest BCUT2D eigenvalue weighted by Gasteiger charge is 2.19. The fraction of sp³-hybridized carbons (Fsp3) is 0.500. The van der Waals surface area contributed by atoms with Crippen LogP contribution in [0.15, 0.2) is 12.1 Å². The van der Waals surface area contributed by atoms with E-state index in [9.17, 15) is 5.11 Å². The van der Waals surface area contributed by atoms with E-state index in [0.29, 0.717) is 11.4 Å². The molecular weight excluding hydrogens is 286 g/mol. The third-order valence-corrected chi connectivity index (χ3v) is 4.01. The van der Waals surface area contributed by atoms with E-state index in [4.69, 9.17) is 11.6 Å². The van der Waals surface area contributed by atoms with E-state index in [2.05, 4.69) is 10.1 Å². The van der Waals surface area contributed by atoms with Gasteiger partial charge in [0.25, 0.3) is 0 Å². The van der Waals surface area contributed by atoms with Gasteiger partial charge in [-0.2, -0.15) is 5.10 Å². The van der Waals surface area contributed by atoms with E-state index in [0.717, 1.165) is 41.3 Å². The van der Waals surface area contributed by atoms with Crippen molar-refractivity contribution in [3.8, 4) is 0 Å². The fourth-order valence-corrected chi connectivity index (χ4v) is 2.92. The van der Waals surface area contributed by atoms with Gasteiger partial charge in [-0.3, -0.25) is 9.67 Å². The van der Waals surface area contributed by atoms with Gasteiger partial charge in [0.2, 0.25) is 0 Å². The van der Waals surface area contributed by atoms with Crippen molar-refractivity contribution in [3.05, 3.63) is 45.5 Å². The van der Waals surface area contributed by atoms with E-state index < -0.39 is 6.10 Å². The maximum Gasteiger partial charge on any atom is 0.0851 e. The standard InChI is InChI=1S/C16H22ClN3O/c1-5-13-16(17)14(20(6-2)19-13)9-15(21)12-7-10(3)18-11(4)8-12/h7-8,15,21H,5-6,9H2,1-4H3. The van der Waals surface area contributed by atoms with Crippen LogP contribution < -0.4 is 0 Å². The number of rotatable bonds is 5. The monoisotopic (exact) mass is 307 g/mol. The van der Waals surface area contributed by atoms with E-state index in [1.165, 1.54) is 0 Å². The molecule has 0 bridgehead atoms. The molecule has 2 rings (SSSR count). The van der Waals surface area contributed by atoms with Crippen molar-refractivity contribution in [1.82, 2.24) is 14.8 Å². The Hall–Kier alpha value is -1.39. The molecule has 0 fully saturated rings. The smallest absolute Gasteiger partial charge is 0.0851 e. The van der Waals surface area contributed by atoms with Crippen LogP contribution in [-0.2, 0) is 19.4 Å². The van der Waals surface area contributed by atoms with Gasteiger partial charge in [0.1, 0.15) is 0 Å². The summed E-state index contributed by atoms with van der Waals surface area (Å²) in [4.78, 5) is 4.34. The SMILES string of the molecule is CCc1nn(CC)c(CC(O)c2cc(C)nc(C)c2)c1Cl. The molecule has 2 aromatic rings. The number of hydrogen-bond acceptors (Lipinski definition) is 3. The summed E-state index contributed by atoms with van der Waals surface area (Å²) in [6, 6.07) is 3.83. The molecule has 0 aliphatic heterocycles. The molecule has 1 unspecified atom stereocenters. The number of nitrogens with zero attached hydrogens (tertiary/aromatic N) is 3. The minimum atomic E-state index is -0.602. The lowest BCUT2D eigenvalue weighted by Gasteiger charge is -2.13. The predicted octanol–water partition coefficient (Wildman–Crippen LogP) is 3.41. The Morgan fingerprint density at radius 1 is 1.24 bits per heavy atom. The normalized spacial score (nSPS) is 12.7. The van der Waals surface area contributed by atoms with Crippen molar-refractivity contribution in [1.29, 1.82) is 0 Å². The number of aryl methyl sites for hydroxylation is 4. The second-order valence-corrected chi connectivity index (χ2v) is 5.66. The van der Waals surface area contributed by atoms with Crippen LogP contribution in [-0.4, -0.2) is 19.9 Å². The highest BCUT2D eigenvalue weighted by Crippen LogP contribution is 2.27. The molecule has 2 heterocycles. The molecule has 1 atom stereocenters. The first-order chi connectivity index (χ1) is 9.96. The molecule has 0 radical (unpaired) electrons. The minimum Gasteiger partial charge on any atom is -0.388 e. The number of hydrogen-bond donors (Lipinski definition) is 1. The fourth-order valence-electron chi connectivity index (χ4n) is 2.57. The van der Waals surface area contributed by atoms with Gasteiger partial charge in [0.15, 0.2) is 0 Å². The van der Waals surface area contributed by atoms with Crippen molar-refractivity contribution >= 4 is 11.6 Å². The summed E-state index contributed by atoms with van der Waals surface area (Å²) in [7, 11) is 0. The second kappa shape index (κ2) is 6.58. The maximum absolute atomic E-state index is 10.5. The lowest BCUT2D eigenvalue weighted by Crippen LogP contribution is -2.09. The van der Waals surface area contributed by atoms with Gasteiger partial charge in [0.05, 0.1) is 22.5 Å². The van der Waals surface area contributed by atoms with Crippen LogP contribution in [0.4, 0.5) is 0 Å². The van der Waals surface area contributed by atoms with Crippen LogP contribution in [0, 0.1) is 13.8 Å². The Morgan fingerprint density at radius 3 is 2.38 bits per heavy atom. The molecule has 0 aliphatic rings. The number of pyridine rings is 1. The summed E-state index contributed by atoms with van der Waals surface area (Å²) in [6.45, 7) is 8.67. The molecule has 21 heavy (non-hydrogen) atoms. The Bertz CT molecular complexity index is 616. The van der Waals surface area contributed by atoms with Gasteiger partial charge in [-0.25, -0.2) is 0 Å². The molecule has 5 heteroatoms. The van der Waals surface area contributed by atoms with Crippen LogP contribution in [0.25, 0.3) is 0 Å². The summed E-state index contributed by atoms with van der Waals surface area (Å²) in [5, 5.41) is 15.7. The Morgan fingerprint density at radius 2 is 1.86 bits per heavy atom. The largest absolute Gasteiger partial charge is 0.388 e. The minimum absolute atomic E-state index is 0.461. The summed E-state index contributed by atoms with van der Waals surface area (Å²) in [5.74, 6) is 0. The van der Waals surface area contributed by atoms with Crippen LogP contribution in [0.1, 0.15) is 48.3 Å². The van der Waals surface area contributed by atoms with Crippen LogP contribution in [0.3, 0.4) is 0 Å². The van der Waals surface area contributed by atoms with E-state index in [1.54, 1.807) is 0 Å². The molecule has 1 N–H and O–H groups in total. The first-order valence-electron chi connectivity index (χ1n) is 7.33. The van der Waals surface area contributed by atoms with Gasteiger partial charge >= 0.3 is 0 Å². The molecule has 0 amide bonds. The van der Waals surface area contributed by atoms with Gasteiger partial charge < -0.3 is 5.11 Å². The van der Waals surface area contributed by atoms with Crippen molar-refractivity contribution < 1.29 is 5.11 Å². The molecule has 0 saturated carbocycles. The number of aliphatic hydroxyl groups excluding tert-OH is 1. The zero-order chi connectivity index (χ0) is 15.6. The van der Waals surface area contributed by atoms with Gasteiger partial charge in [0, 0.05) is 24.4 Å². The zero-order valence-electron chi connectivity index (χ0n) is 13.0. The predicted molar refractivity (Wildman–Crippen MR) is 84.7 cm³/mol. The molecule has 4 nitrogen and oxygen atoms in total. The van der Waals surface area contributed by atoms with Gasteiger partial charge in [-0.05, 0) is 44.9 Å². The lowest BCUT2D eigenvalue weighted by molar-refractivity contribution is 0.175. The molecule has 0 spiro atoms. The topological polar surface area (TPSA) is 50.9 Å². The van der Waals surface area contributed by atoms with E-state index in [1.807, 2.05) is 44.5 Å². The average molecular weight is 308 g/mol. The summed E-state index contributed by atoms with van der Waals surface area (Å²) >= 11 is 6.40. The third-order valence-electron chi connectivity index (χ3n) is 3.57. The molecule has 2 aromatic heterocycles. The van der Waals surface area contributed by atoms with Crippen molar-refractivity contribution in [2.75, 3.05) is 0 Å². The summed E-state index contributed by atoms with van der Waals surface area (Å²) in [6.07, 6.45) is 0.653. The Labute approximate surface area is 130 Å². The first kappa shape index (κ1) is 16.0. The van der Waals surface area contributed by atoms with E-state index in [-0.39, 0.29) is 0 Å². The highest BCUT2D eigenvalue weighted by atomic mass is 35.5. The van der Waals surface area contributed by atoms with Crippen molar-refractivity contribution in [2.45, 2.75) is 53.2 Å². The quantitative estimate of drug-likeness (QED) is 0.921.